The summed E-state index contributed by atoms with van der Waals surface area (Å²) in [7, 11) is 2.79. The van der Waals surface area contributed by atoms with Gasteiger partial charge < -0.3 is 0 Å². The van der Waals surface area contributed by atoms with E-state index in [1.54, 1.807) is 0 Å². The topological polar surface area (TPSA) is 0 Å². The molecule has 0 aromatic rings. The van der Waals surface area contributed by atoms with Crippen LogP contribution in [0.15, 0.2) is 0 Å². The van der Waals surface area contributed by atoms with Crippen molar-refractivity contribution in [3.8, 4) is 0 Å². The van der Waals surface area contributed by atoms with Gasteiger partial charge in [-0.3, -0.25) is 0 Å². The van der Waals surface area contributed by atoms with E-state index >= 15 is 0 Å². The van der Waals surface area contributed by atoms with Gasteiger partial charge in [0, 0.05) is 20.5 Å². The summed E-state index contributed by atoms with van der Waals surface area (Å²) in [5.41, 5.74) is 0. The Hall–Kier alpha value is 1.16. The summed E-state index contributed by atoms with van der Waals surface area (Å²) in [5, 5.41) is 0. The average molecular weight is 244 g/mol. The van der Waals surface area contributed by atoms with E-state index in [9.17, 15) is 0 Å². The molecule has 0 radical (unpaired) electrons. The van der Waals surface area contributed by atoms with Crippen molar-refractivity contribution in [1.82, 2.24) is 0 Å². The third kappa shape index (κ3) is 7.16. The van der Waals surface area contributed by atoms with Gasteiger partial charge >= 0.3 is 0 Å². The number of hydrogen-bond donors (Lipinski definition) is 0. The van der Waals surface area contributed by atoms with Crippen molar-refractivity contribution >= 4 is 43.1 Å². The summed E-state index contributed by atoms with van der Waals surface area (Å²) in [4.78, 5) is 0. The molecule has 0 rings (SSSR count). The standard InChI is InChI=1S/C4H13ISi2/c5-4(7)2-1-3-6/h4H,1-3H2,6-7H3. The van der Waals surface area contributed by atoms with Crippen LogP contribution >= 0.6 is 22.6 Å². The predicted molar refractivity (Wildman–Crippen MR) is 51.7 cm³/mol. The summed E-state index contributed by atoms with van der Waals surface area (Å²) >= 11 is 2.54. The Labute approximate surface area is 65.4 Å². The highest BCUT2D eigenvalue weighted by Crippen LogP contribution is 2.04. The summed E-state index contributed by atoms with van der Waals surface area (Å²) in [6, 6.07) is 1.50. The Morgan fingerprint density at radius 3 is 2.29 bits per heavy atom. The molecule has 0 aromatic carbocycles. The summed E-state index contributed by atoms with van der Waals surface area (Å²) < 4.78 is 1.03. The minimum atomic E-state index is 1.03. The molecule has 0 saturated carbocycles. The zero-order chi connectivity index (χ0) is 5.70. The number of halogens is 1. The fourth-order valence-electron chi connectivity index (χ4n) is 0.485. The third-order valence-electron chi connectivity index (χ3n) is 0.955. The van der Waals surface area contributed by atoms with Crippen LogP contribution in [0.5, 0.6) is 0 Å². The van der Waals surface area contributed by atoms with E-state index in [1.165, 1.54) is 39.4 Å². The Morgan fingerprint density at radius 1 is 1.57 bits per heavy atom. The third-order valence-corrected chi connectivity index (χ3v) is 2.86. The molecule has 0 aromatic heterocycles. The van der Waals surface area contributed by atoms with E-state index in [2.05, 4.69) is 22.6 Å². The monoisotopic (exact) mass is 244 g/mol. The van der Waals surface area contributed by atoms with E-state index in [0.717, 1.165) is 3.55 Å². The Balaban J connectivity index is 2.68. The fourth-order valence-corrected chi connectivity index (χ4v) is 1.74. The highest BCUT2D eigenvalue weighted by molar-refractivity contribution is 14.1. The molecule has 0 aliphatic carbocycles. The first-order valence-electron chi connectivity index (χ1n) is 2.91. The Kier molecular flexibility index (Phi) is 6.19. The second kappa shape index (κ2) is 5.30. The fraction of sp³-hybridized carbons (Fsp3) is 1.00. The van der Waals surface area contributed by atoms with Gasteiger partial charge in [-0.05, 0) is 9.97 Å². The first kappa shape index (κ1) is 8.16. The van der Waals surface area contributed by atoms with Crippen LogP contribution in [0.3, 0.4) is 0 Å². The molecule has 0 bridgehead atoms. The van der Waals surface area contributed by atoms with E-state index in [1.807, 2.05) is 0 Å². The molecule has 0 nitrogen and oxygen atoms in total. The second-order valence-corrected chi connectivity index (χ2v) is 8.79. The van der Waals surface area contributed by atoms with Crippen LogP contribution in [0.25, 0.3) is 0 Å². The molecule has 0 aliphatic heterocycles. The first-order valence-corrected chi connectivity index (χ1v) is 6.73. The van der Waals surface area contributed by atoms with Crippen LogP contribution in [-0.4, -0.2) is 24.0 Å². The highest BCUT2D eigenvalue weighted by atomic mass is 127. The van der Waals surface area contributed by atoms with Crippen LogP contribution in [-0.2, 0) is 0 Å². The van der Waals surface area contributed by atoms with E-state index in [0.29, 0.717) is 0 Å². The normalized spacial score (nSPS) is 15.0. The molecule has 44 valence electrons. The lowest BCUT2D eigenvalue weighted by atomic mass is 10.4. The van der Waals surface area contributed by atoms with Crippen molar-refractivity contribution in [2.45, 2.75) is 22.4 Å². The lowest BCUT2D eigenvalue weighted by Crippen LogP contribution is -1.93. The summed E-state index contributed by atoms with van der Waals surface area (Å²) in [5.74, 6) is 0. The van der Waals surface area contributed by atoms with Gasteiger partial charge in [-0.2, -0.15) is 0 Å². The van der Waals surface area contributed by atoms with Crippen LogP contribution in [0.1, 0.15) is 12.8 Å². The van der Waals surface area contributed by atoms with Crippen molar-refractivity contribution in [1.29, 1.82) is 0 Å². The lowest BCUT2D eigenvalue weighted by Gasteiger charge is -1.96. The Morgan fingerprint density at radius 2 is 2.14 bits per heavy atom. The maximum absolute atomic E-state index is 2.54. The second-order valence-electron chi connectivity index (χ2n) is 1.92. The van der Waals surface area contributed by atoms with Gasteiger partial charge in [0.25, 0.3) is 0 Å². The van der Waals surface area contributed by atoms with Gasteiger partial charge in [-0.15, -0.1) is 0 Å². The number of rotatable bonds is 3. The van der Waals surface area contributed by atoms with Gasteiger partial charge in [0.1, 0.15) is 0 Å². The average Bonchev–Trinajstić information content (AvgIpc) is 1.61. The van der Waals surface area contributed by atoms with Crippen molar-refractivity contribution in [2.75, 3.05) is 0 Å². The Bertz CT molecular complexity index is 38.7. The molecular formula is C4H13ISi2. The van der Waals surface area contributed by atoms with Gasteiger partial charge in [-0.25, -0.2) is 0 Å². The van der Waals surface area contributed by atoms with Crippen molar-refractivity contribution in [3.05, 3.63) is 0 Å². The first-order chi connectivity index (χ1) is 3.27. The van der Waals surface area contributed by atoms with Crippen molar-refractivity contribution in [3.63, 3.8) is 0 Å². The zero-order valence-electron chi connectivity index (χ0n) is 5.08. The zero-order valence-corrected chi connectivity index (χ0v) is 11.2. The quantitative estimate of drug-likeness (QED) is 0.362. The molecule has 0 fully saturated rings. The number of alkyl halides is 1. The summed E-state index contributed by atoms with van der Waals surface area (Å²) in [6.07, 6.45) is 2.97. The van der Waals surface area contributed by atoms with Gasteiger partial charge in [0.2, 0.25) is 0 Å². The van der Waals surface area contributed by atoms with Gasteiger partial charge in [0.15, 0.2) is 0 Å². The van der Waals surface area contributed by atoms with Crippen LogP contribution in [0.2, 0.25) is 6.04 Å². The van der Waals surface area contributed by atoms with E-state index in [4.69, 9.17) is 0 Å². The van der Waals surface area contributed by atoms with Crippen LogP contribution in [0.4, 0.5) is 0 Å². The molecule has 0 amide bonds. The molecule has 0 spiro atoms. The SMILES string of the molecule is [SiH3]CCCC([SiH3])I. The maximum atomic E-state index is 2.54. The lowest BCUT2D eigenvalue weighted by molar-refractivity contribution is 0.876. The van der Waals surface area contributed by atoms with Crippen LogP contribution in [0, 0.1) is 0 Å². The molecule has 3 heteroatoms. The van der Waals surface area contributed by atoms with E-state index in [-0.39, 0.29) is 0 Å². The molecule has 1 atom stereocenters. The minimum Gasteiger partial charge on any atom is -0.0872 e. The van der Waals surface area contributed by atoms with Crippen LogP contribution < -0.4 is 0 Å². The molecular weight excluding hydrogens is 231 g/mol. The minimum absolute atomic E-state index is 1.03. The maximum Gasteiger partial charge on any atom is 0.0190 e. The molecule has 0 aliphatic rings. The van der Waals surface area contributed by atoms with Gasteiger partial charge in [0.05, 0.1) is 0 Å². The smallest absolute Gasteiger partial charge is 0.0190 e. The molecule has 7 heavy (non-hydrogen) atoms. The molecule has 0 heterocycles. The van der Waals surface area contributed by atoms with Crippen molar-refractivity contribution < 1.29 is 0 Å². The molecule has 0 N–H and O–H groups in total. The highest BCUT2D eigenvalue weighted by Gasteiger charge is 1.90. The number of hydrogen-bond acceptors (Lipinski definition) is 0. The van der Waals surface area contributed by atoms with Crippen molar-refractivity contribution in [2.24, 2.45) is 0 Å². The molecule has 1 unspecified atom stereocenters. The summed E-state index contributed by atoms with van der Waals surface area (Å²) in [6.45, 7) is 0. The van der Waals surface area contributed by atoms with Gasteiger partial charge in [-0.1, -0.05) is 35.1 Å². The predicted octanol–water partition coefficient (Wildman–Crippen LogP) is -0.323. The largest absolute Gasteiger partial charge is 0.0872 e. The van der Waals surface area contributed by atoms with E-state index < -0.39 is 0 Å². The molecule has 0 saturated heterocycles.